The van der Waals surface area contributed by atoms with Crippen molar-refractivity contribution >= 4 is 12.2 Å². The number of carbonyl (C=O) groups excluding carboxylic acids is 1. The first-order chi connectivity index (χ1) is 11.3. The van der Waals surface area contributed by atoms with Crippen LogP contribution in [0.25, 0.3) is 0 Å². The van der Waals surface area contributed by atoms with Gasteiger partial charge in [0.05, 0.1) is 0 Å². The molecule has 23 heavy (non-hydrogen) atoms. The van der Waals surface area contributed by atoms with Crippen LogP contribution in [0.4, 0.5) is 5.82 Å². The fourth-order valence-corrected chi connectivity index (χ4v) is 2.84. The van der Waals surface area contributed by atoms with Crippen molar-refractivity contribution in [3.63, 3.8) is 0 Å². The summed E-state index contributed by atoms with van der Waals surface area (Å²) >= 11 is 0. The van der Waals surface area contributed by atoms with Crippen LogP contribution in [0.1, 0.15) is 44.1 Å². The first-order valence-electron chi connectivity index (χ1n) is 8.55. The number of hydrogen-bond acceptors (Lipinski definition) is 3. The summed E-state index contributed by atoms with van der Waals surface area (Å²) < 4.78 is 0. The van der Waals surface area contributed by atoms with Gasteiger partial charge in [0.1, 0.15) is 5.82 Å². The number of carbonyl (C=O) groups is 1. The number of nitrogens with zero attached hydrogens (tertiary/aromatic N) is 2. The number of pyridine rings is 1. The monoisotopic (exact) mass is 311 g/mol. The van der Waals surface area contributed by atoms with E-state index in [0.29, 0.717) is 6.41 Å². The molecule has 2 saturated carbocycles. The quantitative estimate of drug-likeness (QED) is 0.709. The van der Waals surface area contributed by atoms with Crippen LogP contribution in [0.2, 0.25) is 0 Å². The predicted molar refractivity (Wildman–Crippen MR) is 92.9 cm³/mol. The van der Waals surface area contributed by atoms with Gasteiger partial charge in [0.2, 0.25) is 6.41 Å². The number of anilines is 1. The van der Waals surface area contributed by atoms with Gasteiger partial charge in [0.25, 0.3) is 0 Å². The molecular weight excluding hydrogens is 286 g/mol. The van der Waals surface area contributed by atoms with Crippen molar-refractivity contribution in [3.05, 3.63) is 47.4 Å². The van der Waals surface area contributed by atoms with Gasteiger partial charge in [0, 0.05) is 25.1 Å². The molecule has 0 bridgehead atoms. The summed E-state index contributed by atoms with van der Waals surface area (Å²) in [5.74, 6) is 1.95. The van der Waals surface area contributed by atoms with Gasteiger partial charge in [-0.15, -0.1) is 0 Å². The Bertz CT molecular complexity index is 594. The SMILES string of the molecule is CN(C(/C=C\NC=O)=C1CC1)c1ccc(CCCC2CC2)cn1. The van der Waals surface area contributed by atoms with Crippen LogP contribution < -0.4 is 10.2 Å². The Balaban J connectivity index is 1.60. The zero-order valence-electron chi connectivity index (χ0n) is 13.8. The maximum absolute atomic E-state index is 10.4. The van der Waals surface area contributed by atoms with Crippen LogP contribution in [0, 0.1) is 5.92 Å². The molecule has 2 fully saturated rings. The highest BCUT2D eigenvalue weighted by molar-refractivity contribution is 5.54. The van der Waals surface area contributed by atoms with Crippen molar-refractivity contribution < 1.29 is 4.79 Å². The number of likely N-dealkylation sites (N-methyl/N-ethyl adjacent to an activating group) is 1. The fraction of sp³-hybridized carbons (Fsp3) is 0.474. The summed E-state index contributed by atoms with van der Waals surface area (Å²) in [7, 11) is 2.03. The highest BCUT2D eigenvalue weighted by Gasteiger charge is 2.21. The highest BCUT2D eigenvalue weighted by Crippen LogP contribution is 2.35. The molecule has 1 aromatic rings. The molecule has 2 aliphatic carbocycles. The Kier molecular flexibility index (Phi) is 5.11. The fourth-order valence-electron chi connectivity index (χ4n) is 2.84. The Morgan fingerprint density at radius 1 is 1.39 bits per heavy atom. The van der Waals surface area contributed by atoms with E-state index in [0.717, 1.165) is 36.7 Å². The molecule has 0 aliphatic heterocycles. The van der Waals surface area contributed by atoms with E-state index in [1.807, 2.05) is 19.3 Å². The number of allylic oxidation sites excluding steroid dienone is 2. The summed E-state index contributed by atoms with van der Waals surface area (Å²) in [4.78, 5) is 17.1. The lowest BCUT2D eigenvalue weighted by Crippen LogP contribution is -2.17. The Labute approximate surface area is 138 Å². The topological polar surface area (TPSA) is 45.2 Å². The zero-order chi connectivity index (χ0) is 16.1. The molecule has 0 unspecified atom stereocenters. The number of amides is 1. The summed E-state index contributed by atoms with van der Waals surface area (Å²) in [6.45, 7) is 0. The van der Waals surface area contributed by atoms with Crippen molar-refractivity contribution in [2.24, 2.45) is 5.92 Å². The molecule has 1 amide bonds. The molecule has 1 N–H and O–H groups in total. The van der Waals surface area contributed by atoms with Crippen LogP contribution in [-0.4, -0.2) is 18.4 Å². The van der Waals surface area contributed by atoms with Crippen molar-refractivity contribution in [2.45, 2.75) is 44.9 Å². The largest absolute Gasteiger partial charge is 0.335 e. The smallest absolute Gasteiger partial charge is 0.211 e. The van der Waals surface area contributed by atoms with Gasteiger partial charge in [-0.2, -0.15) is 0 Å². The van der Waals surface area contributed by atoms with Crippen LogP contribution >= 0.6 is 0 Å². The first-order valence-corrected chi connectivity index (χ1v) is 8.55. The maximum atomic E-state index is 10.4. The average molecular weight is 311 g/mol. The molecule has 122 valence electrons. The molecular formula is C19H25N3O. The van der Waals surface area contributed by atoms with E-state index in [9.17, 15) is 4.79 Å². The summed E-state index contributed by atoms with van der Waals surface area (Å²) in [5.41, 5.74) is 3.86. The second kappa shape index (κ2) is 7.44. The zero-order valence-corrected chi connectivity index (χ0v) is 13.8. The number of aromatic nitrogens is 1. The number of nitrogens with one attached hydrogen (secondary N) is 1. The van der Waals surface area contributed by atoms with Crippen molar-refractivity contribution in [2.75, 3.05) is 11.9 Å². The number of aryl methyl sites for hydroxylation is 1. The molecule has 2 aliphatic rings. The highest BCUT2D eigenvalue weighted by atomic mass is 16.1. The molecule has 3 rings (SSSR count). The molecule has 1 heterocycles. The normalized spacial score (nSPS) is 16.5. The second-order valence-corrected chi connectivity index (χ2v) is 6.53. The molecule has 0 aromatic carbocycles. The number of rotatable bonds is 9. The lowest BCUT2D eigenvalue weighted by atomic mass is 10.1. The van der Waals surface area contributed by atoms with Gasteiger partial charge < -0.3 is 10.2 Å². The molecule has 4 heteroatoms. The lowest BCUT2D eigenvalue weighted by molar-refractivity contribution is -0.108. The number of hydrogen-bond donors (Lipinski definition) is 1. The van der Waals surface area contributed by atoms with Gasteiger partial charge in [-0.25, -0.2) is 4.98 Å². The summed E-state index contributed by atoms with van der Waals surface area (Å²) in [6.07, 6.45) is 15.2. The van der Waals surface area contributed by atoms with Gasteiger partial charge in [0.15, 0.2) is 0 Å². The molecule has 0 atom stereocenters. The maximum Gasteiger partial charge on any atom is 0.211 e. The van der Waals surface area contributed by atoms with E-state index in [1.165, 1.54) is 36.8 Å². The van der Waals surface area contributed by atoms with Crippen molar-refractivity contribution in [1.82, 2.24) is 10.3 Å². The first kappa shape index (κ1) is 15.8. The lowest BCUT2D eigenvalue weighted by Gasteiger charge is -2.20. The minimum atomic E-state index is 0.681. The Hall–Kier alpha value is -2.10. The molecule has 1 aromatic heterocycles. The van der Waals surface area contributed by atoms with Crippen molar-refractivity contribution in [3.8, 4) is 0 Å². The third-order valence-electron chi connectivity index (χ3n) is 4.56. The minimum Gasteiger partial charge on any atom is -0.335 e. The Morgan fingerprint density at radius 2 is 2.22 bits per heavy atom. The standard InChI is InChI=1S/C19H25N3O/c1-22(18(17-8-9-17)11-12-20-14-23)19-10-7-16(13-21-19)4-2-3-15-5-6-15/h7,10-15H,2-6,8-9H2,1H3,(H,20,23)/b12-11-. The van der Waals surface area contributed by atoms with E-state index in [-0.39, 0.29) is 0 Å². The van der Waals surface area contributed by atoms with E-state index >= 15 is 0 Å². The third-order valence-corrected chi connectivity index (χ3v) is 4.56. The van der Waals surface area contributed by atoms with Crippen molar-refractivity contribution in [1.29, 1.82) is 0 Å². The summed E-state index contributed by atoms with van der Waals surface area (Å²) in [5, 5.41) is 2.57. The van der Waals surface area contributed by atoms with E-state index in [4.69, 9.17) is 0 Å². The van der Waals surface area contributed by atoms with Gasteiger partial charge in [-0.1, -0.05) is 25.3 Å². The summed E-state index contributed by atoms with van der Waals surface area (Å²) in [6, 6.07) is 4.28. The molecule has 0 radical (unpaired) electrons. The minimum absolute atomic E-state index is 0.681. The average Bonchev–Trinajstić information content (AvgIpc) is 3.46. The molecule has 0 saturated heterocycles. The van der Waals surface area contributed by atoms with E-state index in [2.05, 4.69) is 27.3 Å². The van der Waals surface area contributed by atoms with Gasteiger partial charge in [-0.05, 0) is 54.9 Å². The van der Waals surface area contributed by atoms with Gasteiger partial charge in [-0.3, -0.25) is 4.79 Å². The third kappa shape index (κ3) is 4.68. The van der Waals surface area contributed by atoms with E-state index in [1.54, 1.807) is 6.20 Å². The molecule has 0 spiro atoms. The van der Waals surface area contributed by atoms with E-state index < -0.39 is 0 Å². The van der Waals surface area contributed by atoms with Crippen LogP contribution in [-0.2, 0) is 11.2 Å². The van der Waals surface area contributed by atoms with Crippen LogP contribution in [0.5, 0.6) is 0 Å². The van der Waals surface area contributed by atoms with Gasteiger partial charge >= 0.3 is 0 Å². The predicted octanol–water partition coefficient (Wildman–Crippen LogP) is 3.56. The van der Waals surface area contributed by atoms with Crippen LogP contribution in [0.3, 0.4) is 0 Å². The molecule has 4 nitrogen and oxygen atoms in total. The second-order valence-electron chi connectivity index (χ2n) is 6.53. The Morgan fingerprint density at radius 3 is 2.83 bits per heavy atom. The van der Waals surface area contributed by atoms with Crippen LogP contribution in [0.15, 0.2) is 41.9 Å².